The first kappa shape index (κ1) is 18.3. The molecular formula is C17H18ClNO4S. The summed E-state index contributed by atoms with van der Waals surface area (Å²) in [5.41, 5.74) is 1.38. The average Bonchev–Trinajstić information content (AvgIpc) is 2.54. The molecule has 2 aromatic carbocycles. The van der Waals surface area contributed by atoms with Gasteiger partial charge in [-0.05, 0) is 35.7 Å². The van der Waals surface area contributed by atoms with Crippen LogP contribution in [-0.4, -0.2) is 21.5 Å². The van der Waals surface area contributed by atoms with Crippen LogP contribution in [0.5, 0.6) is 0 Å². The number of esters is 1. The van der Waals surface area contributed by atoms with Crippen molar-refractivity contribution in [1.82, 2.24) is 0 Å². The van der Waals surface area contributed by atoms with E-state index >= 15 is 0 Å². The molecule has 0 aromatic heterocycles. The molecule has 2 aromatic rings. The Morgan fingerprint density at radius 1 is 1.17 bits per heavy atom. The largest absolute Gasteiger partial charge is 0.465 e. The van der Waals surface area contributed by atoms with Gasteiger partial charge in [-0.25, -0.2) is 13.2 Å². The molecule has 0 saturated heterocycles. The summed E-state index contributed by atoms with van der Waals surface area (Å²) in [7, 11) is -2.66. The second-order valence-electron chi connectivity index (χ2n) is 5.48. The fraction of sp³-hybridized carbons (Fsp3) is 0.235. The normalized spacial score (nSPS) is 11.4. The number of nitrogens with one attached hydrogen (secondary N) is 1. The summed E-state index contributed by atoms with van der Waals surface area (Å²) in [5, 5.41) is 0.128. The summed E-state index contributed by atoms with van der Waals surface area (Å²) in [4.78, 5) is 11.6. The van der Waals surface area contributed by atoms with Crippen molar-refractivity contribution in [2.24, 2.45) is 0 Å². The summed E-state index contributed by atoms with van der Waals surface area (Å²) < 4.78 is 32.5. The minimum absolute atomic E-state index is 0.000753. The van der Waals surface area contributed by atoms with Gasteiger partial charge < -0.3 is 4.74 Å². The summed E-state index contributed by atoms with van der Waals surface area (Å²) in [6.45, 7) is 3.95. The van der Waals surface area contributed by atoms with Gasteiger partial charge in [0.1, 0.15) is 0 Å². The number of halogens is 1. The van der Waals surface area contributed by atoms with Gasteiger partial charge in [-0.2, -0.15) is 0 Å². The fourth-order valence-corrected chi connectivity index (χ4v) is 3.54. The molecule has 0 aliphatic carbocycles. The highest BCUT2D eigenvalue weighted by Crippen LogP contribution is 2.27. The molecule has 0 atom stereocenters. The zero-order valence-electron chi connectivity index (χ0n) is 13.5. The number of hydrogen-bond acceptors (Lipinski definition) is 4. The monoisotopic (exact) mass is 367 g/mol. The number of rotatable bonds is 5. The highest BCUT2D eigenvalue weighted by molar-refractivity contribution is 7.92. The predicted octanol–water partition coefficient (Wildman–Crippen LogP) is 4.05. The lowest BCUT2D eigenvalue weighted by Gasteiger charge is -2.15. The third-order valence-electron chi connectivity index (χ3n) is 3.48. The Bertz CT molecular complexity index is 863. The molecular weight excluding hydrogens is 350 g/mol. The molecule has 0 radical (unpaired) electrons. The fourth-order valence-electron chi connectivity index (χ4n) is 2.24. The van der Waals surface area contributed by atoms with Crippen molar-refractivity contribution in [1.29, 1.82) is 0 Å². The second kappa shape index (κ2) is 7.23. The number of anilines is 1. The number of sulfonamides is 1. The minimum Gasteiger partial charge on any atom is -0.465 e. The third kappa shape index (κ3) is 3.88. The van der Waals surface area contributed by atoms with Crippen molar-refractivity contribution in [3.05, 3.63) is 58.6 Å². The first-order valence-corrected chi connectivity index (χ1v) is 9.12. The standard InChI is InChI=1S/C17H18ClNO4S/c1-11(2)13-6-4-5-7-16(13)19-24(21,22)12-8-9-15(18)14(10-12)17(20)23-3/h4-11,19H,1-3H3. The molecule has 128 valence electrons. The summed E-state index contributed by atoms with van der Waals surface area (Å²) in [6.07, 6.45) is 0. The Kier molecular flexibility index (Phi) is 5.51. The predicted molar refractivity (Wildman–Crippen MR) is 94.1 cm³/mol. The highest BCUT2D eigenvalue weighted by Gasteiger charge is 2.20. The van der Waals surface area contributed by atoms with Crippen LogP contribution in [0.1, 0.15) is 35.7 Å². The molecule has 0 fully saturated rings. The molecule has 24 heavy (non-hydrogen) atoms. The maximum Gasteiger partial charge on any atom is 0.339 e. The van der Waals surface area contributed by atoms with Crippen molar-refractivity contribution in [2.75, 3.05) is 11.8 Å². The van der Waals surface area contributed by atoms with Gasteiger partial charge in [-0.15, -0.1) is 0 Å². The first-order valence-electron chi connectivity index (χ1n) is 7.26. The highest BCUT2D eigenvalue weighted by atomic mass is 35.5. The summed E-state index contributed by atoms with van der Waals surface area (Å²) in [5.74, 6) is -0.542. The third-order valence-corrected chi connectivity index (χ3v) is 5.17. The Labute approximate surface area is 146 Å². The average molecular weight is 368 g/mol. The van der Waals surface area contributed by atoms with Crippen LogP contribution in [0, 0.1) is 0 Å². The topological polar surface area (TPSA) is 72.5 Å². The molecule has 0 amide bonds. The van der Waals surface area contributed by atoms with Gasteiger partial charge in [-0.1, -0.05) is 43.6 Å². The van der Waals surface area contributed by atoms with Crippen molar-refractivity contribution in [3.63, 3.8) is 0 Å². The number of methoxy groups -OCH3 is 1. The van der Waals surface area contributed by atoms with E-state index in [9.17, 15) is 13.2 Å². The quantitative estimate of drug-likeness (QED) is 0.809. The molecule has 0 aliphatic heterocycles. The van der Waals surface area contributed by atoms with Gasteiger partial charge in [0.2, 0.25) is 0 Å². The summed E-state index contributed by atoms with van der Waals surface area (Å²) >= 11 is 5.93. The smallest absolute Gasteiger partial charge is 0.339 e. The van der Waals surface area contributed by atoms with E-state index in [-0.39, 0.29) is 21.4 Å². The lowest BCUT2D eigenvalue weighted by Crippen LogP contribution is -2.15. The van der Waals surface area contributed by atoms with Crippen LogP contribution in [0.25, 0.3) is 0 Å². The van der Waals surface area contributed by atoms with Gasteiger partial charge in [0.05, 0.1) is 28.3 Å². The SMILES string of the molecule is COC(=O)c1cc(S(=O)(=O)Nc2ccccc2C(C)C)ccc1Cl. The van der Waals surface area contributed by atoms with Crippen molar-refractivity contribution < 1.29 is 17.9 Å². The molecule has 0 unspecified atom stereocenters. The van der Waals surface area contributed by atoms with E-state index in [2.05, 4.69) is 9.46 Å². The van der Waals surface area contributed by atoms with Crippen LogP contribution in [0.15, 0.2) is 47.4 Å². The van der Waals surface area contributed by atoms with E-state index in [1.807, 2.05) is 26.0 Å². The zero-order chi connectivity index (χ0) is 17.9. The molecule has 0 bridgehead atoms. The van der Waals surface area contributed by atoms with Gasteiger partial charge in [0.25, 0.3) is 10.0 Å². The van der Waals surface area contributed by atoms with E-state index in [0.29, 0.717) is 5.69 Å². The van der Waals surface area contributed by atoms with Gasteiger partial charge in [0, 0.05) is 0 Å². The number of ether oxygens (including phenoxy) is 1. The van der Waals surface area contributed by atoms with Crippen LogP contribution in [0.4, 0.5) is 5.69 Å². The van der Waals surface area contributed by atoms with Crippen molar-refractivity contribution in [2.45, 2.75) is 24.7 Å². The van der Waals surface area contributed by atoms with Crippen LogP contribution < -0.4 is 4.72 Å². The Morgan fingerprint density at radius 2 is 1.83 bits per heavy atom. The second-order valence-corrected chi connectivity index (χ2v) is 7.57. The van der Waals surface area contributed by atoms with Crippen LogP contribution in [-0.2, 0) is 14.8 Å². The van der Waals surface area contributed by atoms with Crippen molar-refractivity contribution in [3.8, 4) is 0 Å². The number of benzene rings is 2. The lowest BCUT2D eigenvalue weighted by atomic mass is 10.0. The molecule has 7 heteroatoms. The van der Waals surface area contributed by atoms with Gasteiger partial charge >= 0.3 is 5.97 Å². The molecule has 1 N–H and O–H groups in total. The molecule has 0 aliphatic rings. The van der Waals surface area contributed by atoms with Crippen LogP contribution in [0.3, 0.4) is 0 Å². The van der Waals surface area contributed by atoms with Gasteiger partial charge in [0.15, 0.2) is 0 Å². The van der Waals surface area contributed by atoms with E-state index in [1.165, 1.54) is 25.3 Å². The van der Waals surface area contributed by atoms with Crippen molar-refractivity contribution >= 4 is 33.3 Å². The molecule has 0 spiro atoms. The Hall–Kier alpha value is -2.05. The van der Waals surface area contributed by atoms with E-state index < -0.39 is 16.0 Å². The van der Waals surface area contributed by atoms with Crippen LogP contribution in [0.2, 0.25) is 5.02 Å². The van der Waals surface area contributed by atoms with Gasteiger partial charge in [-0.3, -0.25) is 4.72 Å². The number of carbonyl (C=O) groups is 1. The van der Waals surface area contributed by atoms with E-state index in [1.54, 1.807) is 12.1 Å². The van der Waals surface area contributed by atoms with E-state index in [4.69, 9.17) is 11.6 Å². The number of carbonyl (C=O) groups excluding carboxylic acids is 1. The minimum atomic E-state index is -3.87. The van der Waals surface area contributed by atoms with Crippen LogP contribution >= 0.6 is 11.6 Å². The summed E-state index contributed by atoms with van der Waals surface area (Å²) in [6, 6.07) is 11.1. The first-order chi connectivity index (χ1) is 11.3. The maximum absolute atomic E-state index is 12.6. The molecule has 0 saturated carbocycles. The maximum atomic E-state index is 12.6. The zero-order valence-corrected chi connectivity index (χ0v) is 15.1. The van der Waals surface area contributed by atoms with E-state index in [0.717, 1.165) is 5.56 Å². The Morgan fingerprint density at radius 3 is 2.46 bits per heavy atom. The molecule has 5 nitrogen and oxygen atoms in total. The molecule has 2 rings (SSSR count). The Balaban J connectivity index is 2.44. The lowest BCUT2D eigenvalue weighted by molar-refractivity contribution is 0.0600. The number of para-hydroxylation sites is 1. The number of hydrogen-bond donors (Lipinski definition) is 1. The molecule has 0 heterocycles.